The third-order valence-electron chi connectivity index (χ3n) is 2.27. The highest BCUT2D eigenvalue weighted by Crippen LogP contribution is 2.30. The largest absolute Gasteiger partial charge is 0.329 e. The first-order valence-corrected chi connectivity index (χ1v) is 5.77. The molecule has 1 heterocycles. The van der Waals surface area contributed by atoms with Gasteiger partial charge in [-0.1, -0.05) is 11.8 Å². The Bertz CT molecular complexity index is 645. The van der Waals surface area contributed by atoms with Gasteiger partial charge in [0, 0.05) is 36.5 Å². The molecule has 2 aromatic rings. The van der Waals surface area contributed by atoms with Crippen LogP contribution in [0.3, 0.4) is 0 Å². The number of nitro benzene ring substituents is 1. The molecule has 1 aromatic carbocycles. The Morgan fingerprint density at radius 3 is 2.89 bits per heavy atom. The van der Waals surface area contributed by atoms with E-state index in [0.29, 0.717) is 4.90 Å². The van der Waals surface area contributed by atoms with Gasteiger partial charge in [0.05, 0.1) is 10.5 Å². The summed E-state index contributed by atoms with van der Waals surface area (Å²) in [5.41, 5.74) is 0.188. The van der Waals surface area contributed by atoms with E-state index in [9.17, 15) is 10.1 Å². The number of nitro groups is 1. The van der Waals surface area contributed by atoms with Crippen LogP contribution in [0.2, 0.25) is 0 Å². The van der Waals surface area contributed by atoms with E-state index in [4.69, 9.17) is 5.26 Å². The zero-order chi connectivity index (χ0) is 13.1. The Morgan fingerprint density at radius 1 is 1.56 bits per heavy atom. The van der Waals surface area contributed by atoms with Crippen molar-refractivity contribution in [2.24, 2.45) is 7.05 Å². The van der Waals surface area contributed by atoms with E-state index in [1.807, 2.05) is 17.7 Å². The van der Waals surface area contributed by atoms with E-state index in [0.717, 1.165) is 5.16 Å². The summed E-state index contributed by atoms with van der Waals surface area (Å²) in [5, 5.41) is 20.4. The summed E-state index contributed by atoms with van der Waals surface area (Å²) in [7, 11) is 1.84. The molecule has 6 nitrogen and oxygen atoms in total. The quantitative estimate of drug-likeness (QED) is 0.624. The van der Waals surface area contributed by atoms with Crippen LogP contribution in [0.4, 0.5) is 5.69 Å². The van der Waals surface area contributed by atoms with E-state index in [1.165, 1.54) is 23.9 Å². The topological polar surface area (TPSA) is 84.8 Å². The Hall–Kier alpha value is -2.33. The van der Waals surface area contributed by atoms with Gasteiger partial charge >= 0.3 is 0 Å². The van der Waals surface area contributed by atoms with Crippen LogP contribution in [-0.4, -0.2) is 14.5 Å². The molecular formula is C11H8N4O2S. The van der Waals surface area contributed by atoms with E-state index in [1.54, 1.807) is 18.5 Å². The number of nitriles is 1. The normalized spacial score (nSPS) is 10.0. The Morgan fingerprint density at radius 2 is 2.33 bits per heavy atom. The van der Waals surface area contributed by atoms with Crippen LogP contribution in [0.5, 0.6) is 0 Å². The second-order valence-corrected chi connectivity index (χ2v) is 4.48. The Labute approximate surface area is 107 Å². The molecule has 0 aliphatic rings. The fraction of sp³-hybridized carbons (Fsp3) is 0.0909. The van der Waals surface area contributed by atoms with Crippen molar-refractivity contribution in [1.29, 1.82) is 5.26 Å². The number of aryl methyl sites for hydroxylation is 1. The minimum atomic E-state index is -0.518. The highest BCUT2D eigenvalue weighted by Gasteiger charge is 2.12. The van der Waals surface area contributed by atoms with Crippen LogP contribution in [0.1, 0.15) is 5.56 Å². The third kappa shape index (κ3) is 2.33. The summed E-state index contributed by atoms with van der Waals surface area (Å²) in [4.78, 5) is 14.9. The molecule has 0 atom stereocenters. The van der Waals surface area contributed by atoms with Crippen LogP contribution < -0.4 is 0 Å². The van der Waals surface area contributed by atoms with Gasteiger partial charge in [0.1, 0.15) is 6.07 Å². The maximum atomic E-state index is 10.6. The van der Waals surface area contributed by atoms with Crippen LogP contribution >= 0.6 is 11.8 Å². The Kier molecular flexibility index (Phi) is 3.30. The zero-order valence-corrected chi connectivity index (χ0v) is 10.2. The molecule has 1 aromatic heterocycles. The minimum absolute atomic E-state index is 0.0873. The molecule has 0 N–H and O–H groups in total. The number of nitrogens with zero attached hydrogens (tertiary/aromatic N) is 4. The van der Waals surface area contributed by atoms with Gasteiger partial charge in [-0.05, 0) is 6.07 Å². The number of hydrogen-bond acceptors (Lipinski definition) is 5. The maximum absolute atomic E-state index is 10.6. The van der Waals surface area contributed by atoms with Gasteiger partial charge in [0.15, 0.2) is 5.16 Å². The van der Waals surface area contributed by atoms with Crippen molar-refractivity contribution >= 4 is 17.4 Å². The molecule has 0 aliphatic heterocycles. The molecule has 0 amide bonds. The van der Waals surface area contributed by atoms with Gasteiger partial charge in [-0.3, -0.25) is 10.1 Å². The first-order chi connectivity index (χ1) is 8.61. The van der Waals surface area contributed by atoms with Gasteiger partial charge < -0.3 is 4.57 Å². The molecule has 0 aliphatic carbocycles. The summed E-state index contributed by atoms with van der Waals surface area (Å²) in [6, 6.07) is 6.18. The van der Waals surface area contributed by atoms with Crippen molar-refractivity contribution in [3.8, 4) is 6.07 Å². The third-order valence-corrected chi connectivity index (χ3v) is 3.42. The number of imidazole rings is 1. The molecule has 0 bridgehead atoms. The summed E-state index contributed by atoms with van der Waals surface area (Å²) >= 11 is 1.30. The van der Waals surface area contributed by atoms with Crippen LogP contribution in [-0.2, 0) is 7.05 Å². The highest BCUT2D eigenvalue weighted by atomic mass is 32.2. The first-order valence-electron chi connectivity index (χ1n) is 4.95. The number of benzene rings is 1. The van der Waals surface area contributed by atoms with Gasteiger partial charge in [0.2, 0.25) is 0 Å². The summed E-state index contributed by atoms with van der Waals surface area (Å²) in [6.45, 7) is 0. The van der Waals surface area contributed by atoms with Crippen molar-refractivity contribution in [3.63, 3.8) is 0 Å². The highest BCUT2D eigenvalue weighted by molar-refractivity contribution is 7.99. The second-order valence-electron chi connectivity index (χ2n) is 3.47. The molecular weight excluding hydrogens is 252 g/mol. The number of hydrogen-bond donors (Lipinski definition) is 0. The molecule has 0 saturated carbocycles. The number of rotatable bonds is 3. The van der Waals surface area contributed by atoms with Gasteiger partial charge in [0.25, 0.3) is 5.69 Å². The predicted molar refractivity (Wildman–Crippen MR) is 65.1 cm³/mol. The lowest BCUT2D eigenvalue weighted by Crippen LogP contribution is -1.92. The smallest absolute Gasteiger partial charge is 0.270 e. The summed E-state index contributed by atoms with van der Waals surface area (Å²) in [6.07, 6.45) is 3.44. The molecule has 90 valence electrons. The average molecular weight is 260 g/mol. The molecule has 0 unspecified atom stereocenters. The van der Waals surface area contributed by atoms with Crippen molar-refractivity contribution in [3.05, 3.63) is 46.3 Å². The van der Waals surface area contributed by atoms with Crippen molar-refractivity contribution < 1.29 is 4.92 Å². The monoisotopic (exact) mass is 260 g/mol. The van der Waals surface area contributed by atoms with Crippen LogP contribution in [0.25, 0.3) is 0 Å². The van der Waals surface area contributed by atoms with E-state index >= 15 is 0 Å². The summed E-state index contributed by atoms with van der Waals surface area (Å²) < 4.78 is 1.81. The van der Waals surface area contributed by atoms with E-state index < -0.39 is 4.92 Å². The lowest BCUT2D eigenvalue weighted by atomic mass is 10.2. The fourth-order valence-corrected chi connectivity index (χ4v) is 2.22. The van der Waals surface area contributed by atoms with Crippen molar-refractivity contribution in [1.82, 2.24) is 9.55 Å². The minimum Gasteiger partial charge on any atom is -0.329 e. The van der Waals surface area contributed by atoms with Crippen LogP contribution in [0.15, 0.2) is 40.6 Å². The van der Waals surface area contributed by atoms with Crippen molar-refractivity contribution in [2.75, 3.05) is 0 Å². The lowest BCUT2D eigenvalue weighted by molar-refractivity contribution is -0.384. The molecule has 2 rings (SSSR count). The van der Waals surface area contributed by atoms with E-state index in [2.05, 4.69) is 4.98 Å². The lowest BCUT2D eigenvalue weighted by Gasteiger charge is -2.03. The standard InChI is InChI=1S/C11H8N4O2S/c1-14-5-4-13-11(14)18-10-3-2-9(15(16)17)6-8(10)7-12/h2-6H,1H3. The van der Waals surface area contributed by atoms with Crippen molar-refractivity contribution in [2.45, 2.75) is 10.1 Å². The molecule has 0 fully saturated rings. The second kappa shape index (κ2) is 4.89. The molecule has 0 radical (unpaired) electrons. The SMILES string of the molecule is Cn1ccnc1Sc1ccc([N+](=O)[O-])cc1C#N. The summed E-state index contributed by atoms with van der Waals surface area (Å²) in [5.74, 6) is 0. The fourth-order valence-electron chi connectivity index (χ4n) is 1.36. The molecule has 7 heteroatoms. The zero-order valence-electron chi connectivity index (χ0n) is 9.40. The predicted octanol–water partition coefficient (Wildman–Crippen LogP) is 2.35. The van der Waals surface area contributed by atoms with Gasteiger partial charge in [-0.2, -0.15) is 5.26 Å². The first kappa shape index (κ1) is 12.1. The number of non-ortho nitro benzene ring substituents is 1. The molecule has 0 saturated heterocycles. The maximum Gasteiger partial charge on any atom is 0.270 e. The Balaban J connectivity index is 2.37. The van der Waals surface area contributed by atoms with E-state index in [-0.39, 0.29) is 11.3 Å². The molecule has 0 spiro atoms. The van der Waals surface area contributed by atoms with Gasteiger partial charge in [-0.15, -0.1) is 0 Å². The average Bonchev–Trinajstić information content (AvgIpc) is 2.75. The van der Waals surface area contributed by atoms with Gasteiger partial charge in [-0.25, -0.2) is 4.98 Å². The molecule has 18 heavy (non-hydrogen) atoms. The number of aromatic nitrogens is 2. The van der Waals surface area contributed by atoms with Crippen LogP contribution in [0, 0.1) is 21.4 Å².